The molecule has 5 rings (SSSR count). The van der Waals surface area contributed by atoms with Crippen molar-refractivity contribution in [3.63, 3.8) is 0 Å². The zero-order valence-corrected chi connectivity index (χ0v) is 18.0. The van der Waals surface area contributed by atoms with E-state index in [-0.39, 0.29) is 18.0 Å². The Labute approximate surface area is 189 Å². The van der Waals surface area contributed by atoms with Crippen LogP contribution < -0.4 is 5.32 Å². The zero-order valence-electron chi connectivity index (χ0n) is 18.0. The van der Waals surface area contributed by atoms with E-state index >= 15 is 0 Å². The van der Waals surface area contributed by atoms with Crippen molar-refractivity contribution in [2.45, 2.75) is 18.9 Å². The van der Waals surface area contributed by atoms with Crippen molar-refractivity contribution in [1.82, 2.24) is 39.8 Å². The lowest BCUT2D eigenvalue weighted by atomic mass is 9.99. The molecule has 0 saturated carbocycles. The first-order valence-corrected chi connectivity index (χ1v) is 10.3. The van der Waals surface area contributed by atoms with Gasteiger partial charge >= 0.3 is 0 Å². The number of anilines is 2. The summed E-state index contributed by atoms with van der Waals surface area (Å²) in [7, 11) is 1.65. The molecule has 0 bridgehead atoms. The average Bonchev–Trinajstić information content (AvgIpc) is 3.42. The smallest absolute Gasteiger partial charge is 0.260 e. The molecule has 4 aromatic heterocycles. The van der Waals surface area contributed by atoms with E-state index in [0.29, 0.717) is 29.7 Å². The predicted octanol–water partition coefficient (Wildman–Crippen LogP) is 1.62. The summed E-state index contributed by atoms with van der Waals surface area (Å²) in [6.07, 6.45) is 6.91. The summed E-state index contributed by atoms with van der Waals surface area (Å²) in [6, 6.07) is 9.11. The maximum Gasteiger partial charge on any atom is 0.260 e. The molecule has 11 heteroatoms. The van der Waals surface area contributed by atoms with Crippen LogP contribution in [0.2, 0.25) is 0 Å². The van der Waals surface area contributed by atoms with Crippen molar-refractivity contribution in [3.8, 4) is 17.2 Å². The van der Waals surface area contributed by atoms with E-state index in [9.17, 15) is 9.90 Å². The summed E-state index contributed by atoms with van der Waals surface area (Å²) < 4.78 is 1.43. The first-order chi connectivity index (χ1) is 15.9. The lowest BCUT2D eigenvalue weighted by Gasteiger charge is -2.17. The van der Waals surface area contributed by atoms with Gasteiger partial charge in [-0.15, -0.1) is 5.10 Å². The highest BCUT2D eigenvalue weighted by molar-refractivity contribution is 5.87. The number of aryl methyl sites for hydroxylation is 1. The zero-order chi connectivity index (χ0) is 23.0. The third-order valence-corrected chi connectivity index (χ3v) is 5.44. The van der Waals surface area contributed by atoms with Crippen molar-refractivity contribution < 1.29 is 9.90 Å². The standard InChI is InChI=1S/C22H21N9O2/c1-14-10-15(12-23-11-14)25-21-24-8-6-17(27-21)16-4-3-5-19(26-16)31-13-18(28-29-31)22(33)7-9-30(2)20(22)32/h3-6,8,10-13,33H,7,9H2,1-2H3,(H,24,25,27)/t22-/m1/s1. The Hall–Kier alpha value is -4.25. The minimum Gasteiger partial charge on any atom is -0.374 e. The normalized spacial score (nSPS) is 18.0. The van der Waals surface area contributed by atoms with Gasteiger partial charge in [-0.25, -0.2) is 19.6 Å². The molecule has 0 aromatic carbocycles. The van der Waals surface area contributed by atoms with Crippen LogP contribution in [0.5, 0.6) is 0 Å². The number of hydrogen-bond acceptors (Lipinski definition) is 9. The molecule has 1 saturated heterocycles. The lowest BCUT2D eigenvalue weighted by Crippen LogP contribution is -2.36. The third-order valence-electron chi connectivity index (χ3n) is 5.44. The number of pyridine rings is 2. The Morgan fingerprint density at radius 1 is 1.15 bits per heavy atom. The predicted molar refractivity (Wildman–Crippen MR) is 119 cm³/mol. The number of carbonyl (C=O) groups excluding carboxylic acids is 1. The van der Waals surface area contributed by atoms with Crippen molar-refractivity contribution >= 4 is 17.5 Å². The van der Waals surface area contributed by atoms with Gasteiger partial charge in [-0.05, 0) is 36.8 Å². The summed E-state index contributed by atoms with van der Waals surface area (Å²) >= 11 is 0. The Balaban J connectivity index is 1.42. The summed E-state index contributed by atoms with van der Waals surface area (Å²) in [5, 5.41) is 22.1. The highest BCUT2D eigenvalue weighted by Crippen LogP contribution is 2.31. The number of likely N-dealkylation sites (N-methyl/N-ethyl adjacent to an activating group) is 1. The molecule has 5 heterocycles. The van der Waals surface area contributed by atoms with Crippen LogP contribution in [0.3, 0.4) is 0 Å². The van der Waals surface area contributed by atoms with Crippen LogP contribution in [-0.4, -0.2) is 64.4 Å². The van der Waals surface area contributed by atoms with Gasteiger partial charge in [-0.2, -0.15) is 0 Å². The number of nitrogens with zero attached hydrogens (tertiary/aromatic N) is 8. The van der Waals surface area contributed by atoms with Crippen molar-refractivity contribution in [2.75, 3.05) is 18.9 Å². The van der Waals surface area contributed by atoms with Gasteiger partial charge in [0.25, 0.3) is 5.91 Å². The molecule has 1 fully saturated rings. The second kappa shape index (κ2) is 8.02. The molecule has 1 aliphatic rings. The maximum atomic E-state index is 12.4. The molecule has 0 aliphatic carbocycles. The van der Waals surface area contributed by atoms with Crippen LogP contribution in [0.4, 0.5) is 11.6 Å². The van der Waals surface area contributed by atoms with Crippen LogP contribution in [0, 0.1) is 6.92 Å². The third kappa shape index (κ3) is 3.89. The van der Waals surface area contributed by atoms with Gasteiger partial charge in [-0.1, -0.05) is 11.3 Å². The van der Waals surface area contributed by atoms with Gasteiger partial charge in [0.15, 0.2) is 11.4 Å². The fourth-order valence-electron chi connectivity index (χ4n) is 3.66. The number of nitrogens with one attached hydrogen (secondary N) is 1. The van der Waals surface area contributed by atoms with Crippen LogP contribution in [0.25, 0.3) is 17.2 Å². The van der Waals surface area contributed by atoms with Gasteiger partial charge in [0, 0.05) is 32.4 Å². The molecule has 0 unspecified atom stereocenters. The molecule has 0 radical (unpaired) electrons. The van der Waals surface area contributed by atoms with Crippen LogP contribution in [-0.2, 0) is 10.4 Å². The second-order valence-electron chi connectivity index (χ2n) is 7.91. The molecule has 33 heavy (non-hydrogen) atoms. The maximum absolute atomic E-state index is 12.4. The lowest BCUT2D eigenvalue weighted by molar-refractivity contribution is -0.143. The quantitative estimate of drug-likeness (QED) is 0.472. The molecule has 166 valence electrons. The molecular weight excluding hydrogens is 422 g/mol. The Bertz CT molecular complexity index is 1340. The molecule has 1 amide bonds. The number of hydrogen-bond donors (Lipinski definition) is 2. The van der Waals surface area contributed by atoms with E-state index in [4.69, 9.17) is 0 Å². The molecular formula is C22H21N9O2. The number of carbonyl (C=O) groups is 1. The van der Waals surface area contributed by atoms with Crippen LogP contribution in [0.15, 0.2) is 55.1 Å². The van der Waals surface area contributed by atoms with Crippen molar-refractivity contribution in [1.29, 1.82) is 0 Å². The van der Waals surface area contributed by atoms with E-state index in [1.807, 2.05) is 25.1 Å². The molecule has 11 nitrogen and oxygen atoms in total. The van der Waals surface area contributed by atoms with E-state index in [1.54, 1.807) is 37.8 Å². The van der Waals surface area contributed by atoms with Gasteiger partial charge in [0.05, 0.1) is 29.5 Å². The van der Waals surface area contributed by atoms with Crippen molar-refractivity contribution in [2.24, 2.45) is 0 Å². The number of aromatic nitrogens is 7. The topological polar surface area (TPSA) is 135 Å². The molecule has 2 N–H and O–H groups in total. The van der Waals surface area contributed by atoms with Gasteiger partial charge in [0.2, 0.25) is 5.95 Å². The number of aliphatic hydroxyl groups is 1. The summed E-state index contributed by atoms with van der Waals surface area (Å²) in [6.45, 7) is 2.42. The fourth-order valence-corrected chi connectivity index (χ4v) is 3.66. The Morgan fingerprint density at radius 3 is 2.79 bits per heavy atom. The van der Waals surface area contributed by atoms with E-state index in [0.717, 1.165) is 11.3 Å². The minimum absolute atomic E-state index is 0.198. The second-order valence-corrected chi connectivity index (χ2v) is 7.91. The monoisotopic (exact) mass is 443 g/mol. The Morgan fingerprint density at radius 2 is 2.00 bits per heavy atom. The van der Waals surface area contributed by atoms with Gasteiger partial charge in [-0.3, -0.25) is 9.78 Å². The summed E-state index contributed by atoms with van der Waals surface area (Å²) in [4.78, 5) is 31.4. The molecule has 0 spiro atoms. The van der Waals surface area contributed by atoms with E-state index in [2.05, 4.69) is 35.6 Å². The van der Waals surface area contributed by atoms with E-state index in [1.165, 1.54) is 15.8 Å². The minimum atomic E-state index is -1.66. The van der Waals surface area contributed by atoms with E-state index < -0.39 is 5.60 Å². The highest BCUT2D eigenvalue weighted by atomic mass is 16.3. The van der Waals surface area contributed by atoms with Gasteiger partial charge in [0.1, 0.15) is 5.69 Å². The van der Waals surface area contributed by atoms with Gasteiger partial charge < -0.3 is 15.3 Å². The largest absolute Gasteiger partial charge is 0.374 e. The first kappa shape index (κ1) is 20.6. The molecule has 4 aromatic rings. The van der Waals surface area contributed by atoms with Crippen molar-refractivity contribution in [3.05, 3.63) is 66.4 Å². The Kier molecular flexibility index (Phi) is 5.02. The SMILES string of the molecule is Cc1cncc(Nc2nccc(-c3cccc(-n4cc([C@]5(O)CCN(C)C5=O)nn4)n3)n2)c1. The highest BCUT2D eigenvalue weighted by Gasteiger charge is 2.47. The summed E-state index contributed by atoms with van der Waals surface area (Å²) in [5.41, 5.74) is 1.56. The molecule has 1 atom stereocenters. The number of likely N-dealkylation sites (tertiary alicyclic amines) is 1. The molecule has 1 aliphatic heterocycles. The van der Waals surface area contributed by atoms with Crippen LogP contribution in [0.1, 0.15) is 17.7 Å². The summed E-state index contributed by atoms with van der Waals surface area (Å²) in [5.74, 6) is 0.506. The first-order valence-electron chi connectivity index (χ1n) is 10.3. The van der Waals surface area contributed by atoms with Crippen LogP contribution >= 0.6 is 0 Å². The average molecular weight is 443 g/mol. The number of rotatable bonds is 5. The fraction of sp³-hybridized carbons (Fsp3) is 0.227. The number of amides is 1.